The van der Waals surface area contributed by atoms with Crippen LogP contribution < -0.4 is 20.4 Å². The molecule has 1 aromatic heterocycles. The number of halogens is 1. The van der Waals surface area contributed by atoms with Gasteiger partial charge in [-0.15, -0.1) is 0 Å². The lowest BCUT2D eigenvalue weighted by atomic mass is 10.1. The molecule has 0 atom stereocenters. The van der Waals surface area contributed by atoms with Gasteiger partial charge in [-0.1, -0.05) is 30.7 Å². The summed E-state index contributed by atoms with van der Waals surface area (Å²) in [4.78, 5) is 11.9. The van der Waals surface area contributed by atoms with Crippen molar-refractivity contribution in [1.82, 2.24) is 0 Å². The number of ether oxygens (including phenoxy) is 2. The highest BCUT2D eigenvalue weighted by molar-refractivity contribution is 6.32. The molecule has 0 radical (unpaired) electrons. The first-order chi connectivity index (χ1) is 13.6. The van der Waals surface area contributed by atoms with Crippen molar-refractivity contribution in [3.05, 3.63) is 68.5 Å². The van der Waals surface area contributed by atoms with Gasteiger partial charge in [0.2, 0.25) is 0 Å². The lowest BCUT2D eigenvalue weighted by Crippen LogP contribution is -2.80. The fraction of sp³-hybridized carbons (Fsp3) is 0.318. The molecule has 0 unspecified atom stereocenters. The van der Waals surface area contributed by atoms with Crippen LogP contribution in [0, 0.1) is 0 Å². The predicted octanol–water partition coefficient (Wildman–Crippen LogP) is 3.43. The molecule has 0 aliphatic carbocycles. The zero-order chi connectivity index (χ0) is 19.5. The van der Waals surface area contributed by atoms with Gasteiger partial charge in [0.1, 0.15) is 18.7 Å². The highest BCUT2D eigenvalue weighted by Gasteiger charge is 2.16. The third-order valence-corrected chi connectivity index (χ3v) is 5.19. The molecule has 0 spiro atoms. The van der Waals surface area contributed by atoms with Gasteiger partial charge in [-0.05, 0) is 30.2 Å². The largest absolute Gasteiger partial charge is 0.489 e. The molecule has 0 amide bonds. The normalized spacial score (nSPS) is 13.5. The van der Waals surface area contributed by atoms with Crippen molar-refractivity contribution >= 4 is 22.6 Å². The molecule has 0 saturated carbocycles. The van der Waals surface area contributed by atoms with Crippen LogP contribution in [0.1, 0.15) is 30.0 Å². The van der Waals surface area contributed by atoms with E-state index in [2.05, 4.69) is 18.3 Å². The topological polar surface area (TPSA) is 65.3 Å². The van der Waals surface area contributed by atoms with Crippen LogP contribution in [-0.4, -0.2) is 13.2 Å². The number of fused-ring (bicyclic) bond motifs is 2. The van der Waals surface area contributed by atoms with E-state index in [1.54, 1.807) is 6.07 Å². The van der Waals surface area contributed by atoms with Crippen LogP contribution in [0.2, 0.25) is 5.02 Å². The fourth-order valence-electron chi connectivity index (χ4n) is 3.46. The molecule has 6 heteroatoms. The van der Waals surface area contributed by atoms with Gasteiger partial charge < -0.3 is 19.2 Å². The van der Waals surface area contributed by atoms with Crippen LogP contribution in [0.5, 0.6) is 11.5 Å². The second-order valence-electron chi connectivity index (χ2n) is 6.93. The molecule has 5 nitrogen and oxygen atoms in total. The highest BCUT2D eigenvalue weighted by atomic mass is 35.5. The van der Waals surface area contributed by atoms with E-state index in [1.807, 2.05) is 24.3 Å². The van der Waals surface area contributed by atoms with Gasteiger partial charge in [-0.3, -0.25) is 0 Å². The van der Waals surface area contributed by atoms with Crippen LogP contribution in [0.25, 0.3) is 11.0 Å². The number of nitrogens with two attached hydrogens (primary N) is 1. The van der Waals surface area contributed by atoms with Crippen molar-refractivity contribution in [3.63, 3.8) is 0 Å². The summed E-state index contributed by atoms with van der Waals surface area (Å²) in [5.74, 6) is 1.33. The van der Waals surface area contributed by atoms with E-state index in [0.717, 1.165) is 34.9 Å². The van der Waals surface area contributed by atoms with Gasteiger partial charge in [-0.25, -0.2) is 4.79 Å². The van der Waals surface area contributed by atoms with E-state index in [-0.39, 0.29) is 5.63 Å². The maximum absolute atomic E-state index is 11.9. The third kappa shape index (κ3) is 4.01. The Hall–Kier alpha value is -2.50. The molecule has 2 heterocycles. The second kappa shape index (κ2) is 8.25. The molecule has 0 fully saturated rings. The molecular weight excluding hydrogens is 378 g/mol. The minimum Gasteiger partial charge on any atom is -0.489 e. The predicted molar refractivity (Wildman–Crippen MR) is 108 cm³/mol. The van der Waals surface area contributed by atoms with Crippen molar-refractivity contribution in [2.45, 2.75) is 32.9 Å². The van der Waals surface area contributed by atoms with Crippen LogP contribution in [0.3, 0.4) is 0 Å². The molecule has 2 aromatic carbocycles. The summed E-state index contributed by atoms with van der Waals surface area (Å²) in [5.41, 5.74) is 3.50. The lowest BCUT2D eigenvalue weighted by molar-refractivity contribution is -0.686. The van der Waals surface area contributed by atoms with Crippen molar-refractivity contribution < 1.29 is 19.2 Å². The molecule has 0 saturated heterocycles. The SMILES string of the molecule is CCc1ccc2c(C[NH2+]Cc3cc(Cl)c4c(c3)OCCCO4)cc(=O)oc2c1. The Morgan fingerprint density at radius 3 is 2.75 bits per heavy atom. The van der Waals surface area contributed by atoms with E-state index in [4.69, 9.17) is 25.5 Å². The minimum atomic E-state index is -0.317. The number of rotatable bonds is 5. The summed E-state index contributed by atoms with van der Waals surface area (Å²) in [7, 11) is 0. The quantitative estimate of drug-likeness (QED) is 0.666. The molecule has 1 aliphatic rings. The van der Waals surface area contributed by atoms with Gasteiger partial charge in [0, 0.05) is 29.0 Å². The standard InChI is InChI=1S/C22H22ClNO4/c1-2-14-4-5-17-16(11-21(25)28-19(17)9-14)13-24-12-15-8-18(23)22-20(10-15)26-6-3-7-27-22/h4-5,8-11,24H,2-3,6-7,12-13H2,1H3/p+1. The van der Waals surface area contributed by atoms with Gasteiger partial charge in [0.05, 0.1) is 18.2 Å². The number of hydrogen-bond acceptors (Lipinski definition) is 4. The Morgan fingerprint density at radius 2 is 1.89 bits per heavy atom. The Labute approximate surface area is 168 Å². The Balaban J connectivity index is 1.52. The summed E-state index contributed by atoms with van der Waals surface area (Å²) in [5, 5.41) is 3.68. The van der Waals surface area contributed by atoms with Gasteiger partial charge in [0.25, 0.3) is 0 Å². The Morgan fingerprint density at radius 1 is 1.04 bits per heavy atom. The van der Waals surface area contributed by atoms with Gasteiger partial charge in [-0.2, -0.15) is 0 Å². The molecule has 0 bridgehead atoms. The number of benzene rings is 2. The molecule has 1 aliphatic heterocycles. The lowest BCUT2D eigenvalue weighted by Gasteiger charge is -2.11. The fourth-order valence-corrected chi connectivity index (χ4v) is 3.75. The summed E-state index contributed by atoms with van der Waals surface area (Å²) < 4.78 is 16.8. The first-order valence-corrected chi connectivity index (χ1v) is 9.97. The molecule has 2 N–H and O–H groups in total. The zero-order valence-corrected chi connectivity index (χ0v) is 16.6. The first kappa shape index (κ1) is 18.8. The second-order valence-corrected chi connectivity index (χ2v) is 7.33. The molecular formula is C22H23ClNO4+. The van der Waals surface area contributed by atoms with Gasteiger partial charge >= 0.3 is 5.63 Å². The average Bonchev–Trinajstić information content (AvgIpc) is 2.93. The van der Waals surface area contributed by atoms with E-state index in [9.17, 15) is 4.79 Å². The number of aryl methyl sites for hydroxylation is 1. The average molecular weight is 401 g/mol. The van der Waals surface area contributed by atoms with Crippen LogP contribution in [0.4, 0.5) is 0 Å². The minimum absolute atomic E-state index is 0.317. The highest BCUT2D eigenvalue weighted by Crippen LogP contribution is 2.37. The van der Waals surface area contributed by atoms with E-state index < -0.39 is 0 Å². The molecule has 146 valence electrons. The molecule has 4 rings (SSSR count). The van der Waals surface area contributed by atoms with Crippen molar-refractivity contribution in [2.24, 2.45) is 0 Å². The van der Waals surface area contributed by atoms with E-state index >= 15 is 0 Å². The molecule has 3 aromatic rings. The van der Waals surface area contributed by atoms with Crippen molar-refractivity contribution in [3.8, 4) is 11.5 Å². The number of hydrogen-bond donors (Lipinski definition) is 1. The monoisotopic (exact) mass is 400 g/mol. The summed E-state index contributed by atoms with van der Waals surface area (Å²) in [6.07, 6.45) is 1.75. The summed E-state index contributed by atoms with van der Waals surface area (Å²) in [6.45, 7) is 4.70. The van der Waals surface area contributed by atoms with E-state index in [0.29, 0.717) is 48.4 Å². The van der Waals surface area contributed by atoms with E-state index in [1.165, 1.54) is 0 Å². The van der Waals surface area contributed by atoms with Crippen molar-refractivity contribution in [2.75, 3.05) is 13.2 Å². The first-order valence-electron chi connectivity index (χ1n) is 9.59. The zero-order valence-electron chi connectivity index (χ0n) is 15.8. The van der Waals surface area contributed by atoms with Crippen LogP contribution in [0.15, 0.2) is 45.6 Å². The smallest absolute Gasteiger partial charge is 0.336 e. The summed E-state index contributed by atoms with van der Waals surface area (Å²) >= 11 is 6.37. The molecule has 28 heavy (non-hydrogen) atoms. The van der Waals surface area contributed by atoms with Crippen LogP contribution >= 0.6 is 11.6 Å². The maximum atomic E-state index is 11.9. The number of quaternary nitrogens is 1. The Kier molecular flexibility index (Phi) is 5.55. The Bertz CT molecular complexity index is 1060. The van der Waals surface area contributed by atoms with Gasteiger partial charge in [0.15, 0.2) is 11.5 Å². The van der Waals surface area contributed by atoms with Crippen LogP contribution in [-0.2, 0) is 19.5 Å². The van der Waals surface area contributed by atoms with Crippen molar-refractivity contribution in [1.29, 1.82) is 0 Å². The maximum Gasteiger partial charge on any atom is 0.336 e. The third-order valence-electron chi connectivity index (χ3n) is 4.91. The summed E-state index contributed by atoms with van der Waals surface area (Å²) in [6, 6.07) is 11.5.